The van der Waals surface area contributed by atoms with E-state index in [-0.39, 0.29) is 0 Å². The van der Waals surface area contributed by atoms with E-state index in [2.05, 4.69) is 48.5 Å². The largest absolute Gasteiger partial charge is 0.394 e. The fourth-order valence-corrected chi connectivity index (χ4v) is 14.2. The van der Waals surface area contributed by atoms with Crippen LogP contribution < -0.4 is 0 Å². The summed E-state index contributed by atoms with van der Waals surface area (Å²) < 4.78 is 25.1. The van der Waals surface area contributed by atoms with E-state index >= 15 is 0 Å². The van der Waals surface area contributed by atoms with Gasteiger partial charge in [0, 0.05) is 31.6 Å². The summed E-state index contributed by atoms with van der Waals surface area (Å²) >= 11 is 0. The molecular formula is C15H36O4Si2. The minimum absolute atomic E-state index is 0.305. The summed E-state index contributed by atoms with van der Waals surface area (Å²) in [6, 6.07) is 1.89. The summed E-state index contributed by atoms with van der Waals surface area (Å²) in [6.45, 7) is 17.6. The second-order valence-corrected chi connectivity index (χ2v) is 12.8. The molecule has 0 radical (unpaired) electrons. The Morgan fingerprint density at radius 3 is 1.00 bits per heavy atom. The molecular weight excluding hydrogens is 300 g/mol. The summed E-state index contributed by atoms with van der Waals surface area (Å²) in [4.78, 5) is 0. The van der Waals surface area contributed by atoms with Crippen molar-refractivity contribution in [2.45, 2.75) is 72.1 Å². The first-order chi connectivity index (χ1) is 10.1. The van der Waals surface area contributed by atoms with Crippen LogP contribution in [0.1, 0.15) is 54.9 Å². The van der Waals surface area contributed by atoms with Crippen LogP contribution in [0.5, 0.6) is 0 Å². The first-order valence-electron chi connectivity index (χ1n) is 8.61. The van der Waals surface area contributed by atoms with Crippen molar-refractivity contribution in [3.05, 3.63) is 0 Å². The molecule has 0 unspecified atom stereocenters. The van der Waals surface area contributed by atoms with Gasteiger partial charge in [-0.25, -0.2) is 0 Å². The van der Waals surface area contributed by atoms with Gasteiger partial charge in [-0.3, -0.25) is 0 Å². The Morgan fingerprint density at radius 2 is 0.857 bits per heavy atom. The fourth-order valence-electron chi connectivity index (χ4n) is 3.32. The van der Waals surface area contributed by atoms with Crippen LogP contribution in [0.25, 0.3) is 0 Å². The molecule has 0 rings (SSSR count). The number of hydrogen-bond donors (Lipinski definition) is 0. The van der Waals surface area contributed by atoms with Gasteiger partial charge in [-0.1, -0.05) is 20.8 Å². The van der Waals surface area contributed by atoms with Gasteiger partial charge in [0.2, 0.25) is 0 Å². The highest BCUT2D eigenvalue weighted by Gasteiger charge is 2.57. The summed E-state index contributed by atoms with van der Waals surface area (Å²) in [5.74, 6) is 0. The lowest BCUT2D eigenvalue weighted by atomic mass is 10.6. The molecule has 0 atom stereocenters. The van der Waals surface area contributed by atoms with Crippen LogP contribution in [0.2, 0.25) is 17.3 Å². The Morgan fingerprint density at radius 1 is 0.571 bits per heavy atom. The lowest BCUT2D eigenvalue weighted by Gasteiger charge is -2.44. The Kier molecular flexibility index (Phi) is 11.1. The van der Waals surface area contributed by atoms with Crippen molar-refractivity contribution in [2.75, 3.05) is 26.4 Å². The zero-order valence-corrected chi connectivity index (χ0v) is 17.2. The van der Waals surface area contributed by atoms with E-state index in [9.17, 15) is 0 Å². The standard InChI is InChI=1S/C15H36O4Si2/c1-8-15(20(13-6,16-9-2)17-10-3)21(14-7,18-11-4)19-12-5/h15H,8-14H2,1-7H3. The maximum Gasteiger partial charge on any atom is 0.342 e. The van der Waals surface area contributed by atoms with Crippen LogP contribution in [0, 0.1) is 0 Å². The third-order valence-electron chi connectivity index (χ3n) is 4.01. The molecule has 0 aliphatic carbocycles. The van der Waals surface area contributed by atoms with Crippen molar-refractivity contribution < 1.29 is 17.7 Å². The predicted octanol–water partition coefficient (Wildman–Crippen LogP) is 4.38. The fraction of sp³-hybridized carbons (Fsp3) is 1.00. The quantitative estimate of drug-likeness (QED) is 0.468. The van der Waals surface area contributed by atoms with E-state index in [0.29, 0.717) is 31.6 Å². The summed E-state index contributed by atoms with van der Waals surface area (Å²) in [5.41, 5.74) is 0. The van der Waals surface area contributed by atoms with Crippen molar-refractivity contribution in [2.24, 2.45) is 0 Å². The molecule has 0 aliphatic rings. The maximum atomic E-state index is 6.26. The van der Waals surface area contributed by atoms with Crippen molar-refractivity contribution in [1.82, 2.24) is 0 Å². The van der Waals surface area contributed by atoms with Crippen LogP contribution in [0.3, 0.4) is 0 Å². The van der Waals surface area contributed by atoms with Gasteiger partial charge >= 0.3 is 17.1 Å². The molecule has 0 saturated heterocycles. The van der Waals surface area contributed by atoms with Crippen LogP contribution in [0.4, 0.5) is 0 Å². The molecule has 128 valence electrons. The van der Waals surface area contributed by atoms with Crippen molar-refractivity contribution in [1.29, 1.82) is 0 Å². The second-order valence-electron chi connectivity index (χ2n) is 5.02. The van der Waals surface area contributed by atoms with Crippen LogP contribution in [-0.4, -0.2) is 43.5 Å². The molecule has 0 amide bonds. The lowest BCUT2D eigenvalue weighted by Crippen LogP contribution is -2.60. The van der Waals surface area contributed by atoms with Gasteiger partial charge < -0.3 is 17.7 Å². The van der Waals surface area contributed by atoms with Gasteiger partial charge in [0.15, 0.2) is 0 Å². The molecule has 0 saturated carbocycles. The Balaban J connectivity index is 5.70. The predicted molar refractivity (Wildman–Crippen MR) is 93.0 cm³/mol. The van der Waals surface area contributed by atoms with Gasteiger partial charge in [-0.2, -0.15) is 0 Å². The Labute approximate surface area is 134 Å². The molecule has 0 aromatic heterocycles. The molecule has 0 aliphatic heterocycles. The normalized spacial score (nSPS) is 13.1. The molecule has 0 aromatic rings. The first kappa shape index (κ1) is 21.3. The van der Waals surface area contributed by atoms with Crippen molar-refractivity contribution in [3.8, 4) is 0 Å². The van der Waals surface area contributed by atoms with Crippen LogP contribution in [-0.2, 0) is 17.7 Å². The summed E-state index contributed by atoms with van der Waals surface area (Å²) in [7, 11) is -4.64. The average Bonchev–Trinajstić information content (AvgIpc) is 2.48. The van der Waals surface area contributed by atoms with E-state index < -0.39 is 17.1 Å². The minimum Gasteiger partial charge on any atom is -0.394 e. The molecule has 0 aromatic carbocycles. The molecule has 6 heteroatoms. The van der Waals surface area contributed by atoms with Crippen molar-refractivity contribution >= 4 is 17.1 Å². The van der Waals surface area contributed by atoms with Crippen molar-refractivity contribution in [3.63, 3.8) is 0 Å². The minimum atomic E-state index is -2.32. The van der Waals surface area contributed by atoms with Gasteiger partial charge in [0.05, 0.1) is 0 Å². The highest BCUT2D eigenvalue weighted by atomic mass is 28.4. The molecule has 0 heterocycles. The van der Waals surface area contributed by atoms with Gasteiger partial charge in [-0.05, 0) is 46.2 Å². The topological polar surface area (TPSA) is 36.9 Å². The highest BCUT2D eigenvalue weighted by Crippen LogP contribution is 2.42. The Bertz CT molecular complexity index is 228. The SMILES string of the molecule is CCO[Si](CC)(OCC)C(CC)[Si](CC)(OCC)OCC. The number of rotatable bonds is 13. The molecule has 0 spiro atoms. The summed E-state index contributed by atoms with van der Waals surface area (Å²) in [6.07, 6.45) is 1.00. The van der Waals surface area contributed by atoms with Crippen LogP contribution in [0.15, 0.2) is 0 Å². The third-order valence-corrected chi connectivity index (χ3v) is 14.7. The van der Waals surface area contributed by atoms with E-state index in [4.69, 9.17) is 17.7 Å². The summed E-state index contributed by atoms with van der Waals surface area (Å²) in [5, 5.41) is 0.305. The Hall–Kier alpha value is 0.274. The van der Waals surface area contributed by atoms with Gasteiger partial charge in [0.25, 0.3) is 0 Å². The third kappa shape index (κ3) is 5.15. The molecule has 21 heavy (non-hydrogen) atoms. The number of hydrogen-bond acceptors (Lipinski definition) is 4. The maximum absolute atomic E-state index is 6.26. The molecule has 0 N–H and O–H groups in total. The molecule has 0 fully saturated rings. The highest BCUT2D eigenvalue weighted by molar-refractivity contribution is 6.88. The molecule has 0 bridgehead atoms. The lowest BCUT2D eigenvalue weighted by molar-refractivity contribution is 0.147. The average molecular weight is 337 g/mol. The zero-order valence-electron chi connectivity index (χ0n) is 15.2. The van der Waals surface area contributed by atoms with Gasteiger partial charge in [-0.15, -0.1) is 0 Å². The van der Waals surface area contributed by atoms with Crippen LogP contribution >= 0.6 is 0 Å². The van der Waals surface area contributed by atoms with E-state index in [1.807, 2.05) is 0 Å². The monoisotopic (exact) mass is 336 g/mol. The van der Waals surface area contributed by atoms with E-state index in [1.165, 1.54) is 0 Å². The van der Waals surface area contributed by atoms with E-state index in [1.54, 1.807) is 0 Å². The second kappa shape index (κ2) is 10.9. The van der Waals surface area contributed by atoms with E-state index in [0.717, 1.165) is 18.5 Å². The molecule has 4 nitrogen and oxygen atoms in total. The first-order valence-corrected chi connectivity index (χ1v) is 12.8. The van der Waals surface area contributed by atoms with Gasteiger partial charge in [0.1, 0.15) is 0 Å². The smallest absolute Gasteiger partial charge is 0.342 e. The zero-order chi connectivity index (χ0) is 16.4.